The lowest BCUT2D eigenvalue weighted by atomic mass is 10.1. The first-order valence-electron chi connectivity index (χ1n) is 8.15. The van der Waals surface area contributed by atoms with Crippen molar-refractivity contribution < 1.29 is 4.79 Å². The summed E-state index contributed by atoms with van der Waals surface area (Å²) in [5.41, 5.74) is 3.05. The molecule has 1 aliphatic rings. The van der Waals surface area contributed by atoms with Crippen LogP contribution < -0.4 is 5.32 Å². The van der Waals surface area contributed by atoms with Gasteiger partial charge in [-0.1, -0.05) is 35.9 Å². The maximum absolute atomic E-state index is 12.3. The zero-order chi connectivity index (χ0) is 16.9. The highest BCUT2D eigenvalue weighted by atomic mass is 127. The van der Waals surface area contributed by atoms with Gasteiger partial charge in [0.15, 0.2) is 0 Å². The number of amides is 1. The van der Waals surface area contributed by atoms with Gasteiger partial charge in [-0.2, -0.15) is 0 Å². The van der Waals surface area contributed by atoms with Gasteiger partial charge in [0.2, 0.25) is 0 Å². The number of likely N-dealkylation sites (tertiary alicyclic amines) is 1. The average Bonchev–Trinajstić information content (AvgIpc) is 3.09. The van der Waals surface area contributed by atoms with E-state index < -0.39 is 0 Å². The maximum atomic E-state index is 12.3. The van der Waals surface area contributed by atoms with E-state index in [0.717, 1.165) is 15.7 Å². The maximum Gasteiger partial charge on any atom is 0.252 e. The van der Waals surface area contributed by atoms with Crippen molar-refractivity contribution in [2.75, 3.05) is 13.1 Å². The molecule has 0 saturated carbocycles. The van der Waals surface area contributed by atoms with Crippen molar-refractivity contribution in [3.63, 3.8) is 0 Å². The van der Waals surface area contributed by atoms with E-state index in [1.165, 1.54) is 31.5 Å². The molecule has 1 amide bonds. The topological polar surface area (TPSA) is 32.3 Å². The Morgan fingerprint density at radius 2 is 1.75 bits per heavy atom. The van der Waals surface area contributed by atoms with E-state index in [1.54, 1.807) is 12.1 Å². The summed E-state index contributed by atoms with van der Waals surface area (Å²) in [4.78, 5) is 14.8. The van der Waals surface area contributed by atoms with E-state index in [4.69, 9.17) is 11.6 Å². The number of hydrogen-bond donors (Lipinski definition) is 1. The highest BCUT2D eigenvalue weighted by Crippen LogP contribution is 2.18. The molecule has 1 N–H and O–H groups in total. The Balaban J connectivity index is 1.56. The third kappa shape index (κ3) is 4.71. The van der Waals surface area contributed by atoms with E-state index in [0.29, 0.717) is 17.1 Å². The van der Waals surface area contributed by atoms with E-state index in [2.05, 4.69) is 57.1 Å². The SMILES string of the molecule is O=C(NCc1ccc(CN2CCCC2)cc1)c1cc(Cl)ccc1I. The molecule has 1 fully saturated rings. The summed E-state index contributed by atoms with van der Waals surface area (Å²) < 4.78 is 0.899. The number of carbonyl (C=O) groups excluding carboxylic acids is 1. The third-order valence-corrected chi connectivity index (χ3v) is 5.43. The molecule has 1 heterocycles. The summed E-state index contributed by atoms with van der Waals surface area (Å²) in [7, 11) is 0. The van der Waals surface area contributed by atoms with Crippen molar-refractivity contribution in [3.8, 4) is 0 Å². The van der Waals surface area contributed by atoms with Gasteiger partial charge in [-0.15, -0.1) is 0 Å². The van der Waals surface area contributed by atoms with Crippen LogP contribution in [0, 0.1) is 3.57 Å². The summed E-state index contributed by atoms with van der Waals surface area (Å²) in [6, 6.07) is 13.8. The molecule has 126 valence electrons. The van der Waals surface area contributed by atoms with Crippen molar-refractivity contribution in [1.29, 1.82) is 0 Å². The predicted octanol–water partition coefficient (Wildman–Crippen LogP) is 4.47. The third-order valence-electron chi connectivity index (χ3n) is 4.25. The first kappa shape index (κ1) is 17.7. The zero-order valence-corrected chi connectivity index (χ0v) is 16.3. The molecular weight excluding hydrogens is 435 g/mol. The van der Waals surface area contributed by atoms with Crippen molar-refractivity contribution in [1.82, 2.24) is 10.2 Å². The number of nitrogens with zero attached hydrogens (tertiary/aromatic N) is 1. The molecule has 1 aliphatic heterocycles. The van der Waals surface area contributed by atoms with Gasteiger partial charge >= 0.3 is 0 Å². The molecular formula is C19H20ClIN2O. The normalized spacial score (nSPS) is 14.8. The quantitative estimate of drug-likeness (QED) is 0.676. The lowest BCUT2D eigenvalue weighted by molar-refractivity contribution is 0.0950. The Labute approximate surface area is 161 Å². The van der Waals surface area contributed by atoms with Crippen LogP contribution in [0.15, 0.2) is 42.5 Å². The molecule has 0 atom stereocenters. The van der Waals surface area contributed by atoms with Crippen LogP contribution >= 0.6 is 34.2 Å². The Morgan fingerprint density at radius 3 is 2.46 bits per heavy atom. The lowest BCUT2D eigenvalue weighted by Gasteiger charge is -2.14. The summed E-state index contributed by atoms with van der Waals surface area (Å²) in [6.07, 6.45) is 2.62. The average molecular weight is 455 g/mol. The standard InChI is InChI=1S/C19H20ClIN2O/c20-16-7-8-18(21)17(11-16)19(24)22-12-14-3-5-15(6-4-14)13-23-9-1-2-10-23/h3-8,11H,1-2,9-10,12-13H2,(H,22,24). The Morgan fingerprint density at radius 1 is 1.08 bits per heavy atom. The Hall–Kier alpha value is -1.11. The van der Waals surface area contributed by atoms with E-state index in [-0.39, 0.29) is 5.91 Å². The van der Waals surface area contributed by atoms with Gasteiger partial charge in [0.25, 0.3) is 5.91 Å². The molecule has 3 rings (SSSR count). The van der Waals surface area contributed by atoms with E-state index >= 15 is 0 Å². The van der Waals surface area contributed by atoms with Crippen LogP contribution in [0.2, 0.25) is 5.02 Å². The lowest BCUT2D eigenvalue weighted by Crippen LogP contribution is -2.23. The van der Waals surface area contributed by atoms with Crippen molar-refractivity contribution in [3.05, 3.63) is 67.7 Å². The number of halogens is 2. The number of hydrogen-bond acceptors (Lipinski definition) is 2. The van der Waals surface area contributed by atoms with Crippen molar-refractivity contribution >= 4 is 40.1 Å². The van der Waals surface area contributed by atoms with Gasteiger partial charge in [-0.05, 0) is 77.8 Å². The molecule has 0 aliphatic carbocycles. The fourth-order valence-corrected chi connectivity index (χ4v) is 3.66. The molecule has 2 aromatic rings. The van der Waals surface area contributed by atoms with Gasteiger partial charge in [-0.25, -0.2) is 0 Å². The molecule has 2 aromatic carbocycles. The molecule has 0 bridgehead atoms. The summed E-state index contributed by atoms with van der Waals surface area (Å²) in [6.45, 7) is 3.95. The number of nitrogens with one attached hydrogen (secondary N) is 1. The Kier molecular flexibility index (Phi) is 6.14. The van der Waals surface area contributed by atoms with E-state index in [9.17, 15) is 4.79 Å². The highest BCUT2D eigenvalue weighted by molar-refractivity contribution is 14.1. The number of rotatable bonds is 5. The summed E-state index contributed by atoms with van der Waals surface area (Å²) in [5.74, 6) is -0.0944. The first-order valence-corrected chi connectivity index (χ1v) is 9.61. The predicted molar refractivity (Wildman–Crippen MR) is 106 cm³/mol. The second kappa shape index (κ2) is 8.32. The van der Waals surface area contributed by atoms with Gasteiger partial charge in [-0.3, -0.25) is 9.69 Å². The minimum Gasteiger partial charge on any atom is -0.348 e. The second-order valence-corrected chi connectivity index (χ2v) is 7.71. The molecule has 0 radical (unpaired) electrons. The molecule has 3 nitrogen and oxygen atoms in total. The monoisotopic (exact) mass is 454 g/mol. The number of benzene rings is 2. The fraction of sp³-hybridized carbons (Fsp3) is 0.316. The summed E-state index contributed by atoms with van der Waals surface area (Å²) >= 11 is 8.13. The summed E-state index contributed by atoms with van der Waals surface area (Å²) in [5, 5.41) is 3.54. The van der Waals surface area contributed by atoms with Gasteiger partial charge in [0, 0.05) is 21.7 Å². The molecule has 1 saturated heterocycles. The zero-order valence-electron chi connectivity index (χ0n) is 13.4. The van der Waals surface area contributed by atoms with Crippen LogP contribution in [-0.4, -0.2) is 23.9 Å². The second-order valence-electron chi connectivity index (χ2n) is 6.11. The van der Waals surface area contributed by atoms with Crippen LogP contribution in [-0.2, 0) is 13.1 Å². The van der Waals surface area contributed by atoms with Crippen LogP contribution in [0.25, 0.3) is 0 Å². The van der Waals surface area contributed by atoms with Crippen molar-refractivity contribution in [2.24, 2.45) is 0 Å². The smallest absolute Gasteiger partial charge is 0.252 e. The highest BCUT2D eigenvalue weighted by Gasteiger charge is 2.12. The van der Waals surface area contributed by atoms with Crippen molar-refractivity contribution in [2.45, 2.75) is 25.9 Å². The minimum absolute atomic E-state index is 0.0944. The van der Waals surface area contributed by atoms with Gasteiger partial charge in [0.05, 0.1) is 5.56 Å². The molecule has 0 spiro atoms. The largest absolute Gasteiger partial charge is 0.348 e. The fourth-order valence-electron chi connectivity index (χ4n) is 2.91. The van der Waals surface area contributed by atoms with E-state index in [1.807, 2.05) is 6.07 Å². The van der Waals surface area contributed by atoms with Crippen LogP contribution in [0.5, 0.6) is 0 Å². The minimum atomic E-state index is -0.0944. The van der Waals surface area contributed by atoms with Gasteiger partial charge < -0.3 is 5.32 Å². The van der Waals surface area contributed by atoms with Crippen LogP contribution in [0.4, 0.5) is 0 Å². The Bertz CT molecular complexity index is 712. The molecule has 0 unspecified atom stereocenters. The van der Waals surface area contributed by atoms with Gasteiger partial charge in [0.1, 0.15) is 0 Å². The molecule has 24 heavy (non-hydrogen) atoms. The molecule has 0 aromatic heterocycles. The van der Waals surface area contributed by atoms with Crippen LogP contribution in [0.1, 0.15) is 34.3 Å². The first-order chi connectivity index (χ1) is 11.6. The van der Waals surface area contributed by atoms with Crippen LogP contribution in [0.3, 0.4) is 0 Å². The number of carbonyl (C=O) groups is 1. The molecule has 5 heteroatoms.